The minimum absolute atomic E-state index is 0.0322. The third-order valence-electron chi connectivity index (χ3n) is 8.30. The minimum Gasteiger partial charge on any atom is -0.382 e. The summed E-state index contributed by atoms with van der Waals surface area (Å²) in [5.74, 6) is -0.428. The van der Waals surface area contributed by atoms with Crippen LogP contribution in [0.2, 0.25) is 0 Å². The number of unbranched alkanes of at least 4 members (excludes halogenated alkanes) is 2. The van der Waals surface area contributed by atoms with Gasteiger partial charge in [0.1, 0.15) is 0 Å². The molecule has 0 saturated carbocycles. The second-order valence-corrected chi connectivity index (χ2v) is 13.9. The molecule has 0 aliphatic carbocycles. The fourth-order valence-corrected chi connectivity index (χ4v) is 5.12. The van der Waals surface area contributed by atoms with Crippen molar-refractivity contribution in [1.82, 2.24) is 10.2 Å². The first-order chi connectivity index (χ1) is 27.3. The van der Waals surface area contributed by atoms with Crippen LogP contribution in [0.3, 0.4) is 0 Å². The number of likely N-dealkylation sites (tertiary alicyclic amines) is 1. The lowest BCUT2D eigenvalue weighted by atomic mass is 9.80. The molecule has 1 heterocycles. The molecule has 1 aliphatic heterocycles. The van der Waals surface area contributed by atoms with E-state index in [9.17, 15) is 14.4 Å². The van der Waals surface area contributed by atoms with Gasteiger partial charge in [-0.2, -0.15) is 0 Å². The number of rotatable bonds is 42. The van der Waals surface area contributed by atoms with E-state index in [0.29, 0.717) is 191 Å². The highest BCUT2D eigenvalue weighted by Gasteiger charge is 2.44. The lowest BCUT2D eigenvalue weighted by Crippen LogP contribution is -2.34. The van der Waals surface area contributed by atoms with E-state index in [4.69, 9.17) is 56.8 Å². The molecule has 1 N–H and O–H groups in total. The van der Waals surface area contributed by atoms with Crippen molar-refractivity contribution in [3.05, 3.63) is 0 Å². The van der Waals surface area contributed by atoms with E-state index in [1.54, 1.807) is 7.11 Å². The first kappa shape index (κ1) is 52.1. The summed E-state index contributed by atoms with van der Waals surface area (Å²) in [6.45, 7) is 18.2. The van der Waals surface area contributed by atoms with Gasteiger partial charge in [0.2, 0.25) is 17.7 Å². The van der Waals surface area contributed by atoms with E-state index in [2.05, 4.69) is 5.32 Å². The Hall–Kier alpha value is -1.87. The summed E-state index contributed by atoms with van der Waals surface area (Å²) < 4.78 is 64.9. The van der Waals surface area contributed by atoms with Crippen molar-refractivity contribution in [2.75, 3.05) is 172 Å². The normalized spacial score (nSPS) is 14.7. The maximum absolute atomic E-state index is 12.5. The van der Waals surface area contributed by atoms with E-state index in [1.165, 1.54) is 4.90 Å². The van der Waals surface area contributed by atoms with Crippen molar-refractivity contribution in [2.45, 2.75) is 52.9 Å². The monoisotopic (exact) mass is 811 g/mol. The number of nitrogens with one attached hydrogen (secondary N) is 1. The van der Waals surface area contributed by atoms with Crippen LogP contribution in [0.1, 0.15) is 52.9 Å². The van der Waals surface area contributed by atoms with E-state index in [-0.39, 0.29) is 29.1 Å². The van der Waals surface area contributed by atoms with E-state index < -0.39 is 0 Å². The van der Waals surface area contributed by atoms with Crippen molar-refractivity contribution in [3.63, 3.8) is 0 Å². The molecule has 3 amide bonds. The number of carbonyl (C=O) groups is 3. The molecule has 0 aromatic rings. The SMILES string of the molecule is COCCOCCOCCOCCOCCOCCOCCOCCOCCOCCOCCOCCNC(=O)CCCCCN1C(=O)CC(C(C)(C)C)C1=O. The molecule has 1 saturated heterocycles. The van der Waals surface area contributed by atoms with Crippen LogP contribution in [0.25, 0.3) is 0 Å². The van der Waals surface area contributed by atoms with Crippen LogP contribution in [0.4, 0.5) is 0 Å². The number of amides is 3. The lowest BCUT2D eigenvalue weighted by Gasteiger charge is -2.24. The molecule has 17 nitrogen and oxygen atoms in total. The van der Waals surface area contributed by atoms with E-state index in [1.807, 2.05) is 20.8 Å². The average molecular weight is 811 g/mol. The number of methoxy groups -OCH3 is 1. The van der Waals surface area contributed by atoms with Crippen molar-refractivity contribution < 1.29 is 71.2 Å². The van der Waals surface area contributed by atoms with Gasteiger partial charge in [-0.3, -0.25) is 19.3 Å². The van der Waals surface area contributed by atoms with Gasteiger partial charge in [0.15, 0.2) is 0 Å². The molecule has 0 spiro atoms. The van der Waals surface area contributed by atoms with Crippen molar-refractivity contribution in [1.29, 1.82) is 0 Å². The fourth-order valence-electron chi connectivity index (χ4n) is 5.12. The van der Waals surface area contributed by atoms with Gasteiger partial charge in [-0.15, -0.1) is 0 Å². The molecule has 56 heavy (non-hydrogen) atoms. The first-order valence-electron chi connectivity index (χ1n) is 20.2. The predicted octanol–water partition coefficient (Wildman–Crippen LogP) is 1.91. The van der Waals surface area contributed by atoms with Gasteiger partial charge >= 0.3 is 0 Å². The molecule has 1 rings (SSSR count). The molecular formula is C39H74N2O15. The molecule has 1 fully saturated rings. The highest BCUT2D eigenvalue weighted by molar-refractivity contribution is 6.03. The van der Waals surface area contributed by atoms with E-state index >= 15 is 0 Å². The number of ether oxygens (including phenoxy) is 12. The Labute approximate surface area is 335 Å². The first-order valence-corrected chi connectivity index (χ1v) is 20.2. The van der Waals surface area contributed by atoms with Gasteiger partial charge in [0.05, 0.1) is 158 Å². The van der Waals surface area contributed by atoms with Gasteiger partial charge in [-0.1, -0.05) is 27.2 Å². The van der Waals surface area contributed by atoms with Gasteiger partial charge in [0.25, 0.3) is 0 Å². The van der Waals surface area contributed by atoms with Crippen LogP contribution in [0, 0.1) is 11.3 Å². The van der Waals surface area contributed by atoms with Crippen LogP contribution >= 0.6 is 0 Å². The zero-order valence-corrected chi connectivity index (χ0v) is 34.9. The maximum Gasteiger partial charge on any atom is 0.233 e. The fraction of sp³-hybridized carbons (Fsp3) is 0.923. The molecule has 0 aromatic carbocycles. The summed E-state index contributed by atoms with van der Waals surface area (Å²) >= 11 is 0. The van der Waals surface area contributed by atoms with Gasteiger partial charge in [-0.25, -0.2) is 0 Å². The topological polar surface area (TPSA) is 177 Å². The number of nitrogens with zero attached hydrogens (tertiary/aromatic N) is 1. The average Bonchev–Trinajstić information content (AvgIpc) is 3.47. The summed E-state index contributed by atoms with van der Waals surface area (Å²) in [5.41, 5.74) is -0.217. The molecule has 0 bridgehead atoms. The molecular weight excluding hydrogens is 736 g/mol. The van der Waals surface area contributed by atoms with E-state index in [0.717, 1.165) is 6.42 Å². The summed E-state index contributed by atoms with van der Waals surface area (Å²) in [5, 5.41) is 2.84. The Balaban J connectivity index is 1.69. The second-order valence-electron chi connectivity index (χ2n) is 13.9. The quantitative estimate of drug-likeness (QED) is 0.0699. The molecule has 1 atom stereocenters. The summed E-state index contributed by atoms with van der Waals surface area (Å²) in [6, 6.07) is 0. The highest BCUT2D eigenvalue weighted by atomic mass is 16.6. The van der Waals surface area contributed by atoms with Crippen molar-refractivity contribution in [3.8, 4) is 0 Å². The second kappa shape index (κ2) is 37.4. The summed E-state index contributed by atoms with van der Waals surface area (Å²) in [4.78, 5) is 38.2. The number of hydrogen-bond acceptors (Lipinski definition) is 15. The third kappa shape index (κ3) is 31.2. The number of carbonyl (C=O) groups excluding carboxylic acids is 3. The minimum atomic E-state index is -0.244. The highest BCUT2D eigenvalue weighted by Crippen LogP contribution is 2.35. The van der Waals surface area contributed by atoms with Crippen LogP contribution in [0.5, 0.6) is 0 Å². The smallest absolute Gasteiger partial charge is 0.233 e. The standard InChI is InChI=1S/C39H74N2O15/c1-39(2,3)35-34-37(43)41(38(35)44)10-7-5-6-8-36(42)40-9-11-46-14-15-48-18-19-50-22-23-52-26-27-54-30-31-56-33-32-55-29-28-53-25-24-51-21-20-49-17-16-47-13-12-45-4/h35H,5-34H2,1-4H3,(H,40,42). The van der Waals surface area contributed by atoms with Crippen LogP contribution in [-0.4, -0.2) is 195 Å². The maximum atomic E-state index is 12.5. The molecule has 0 radical (unpaired) electrons. The Morgan fingerprint density at radius 2 is 0.875 bits per heavy atom. The van der Waals surface area contributed by atoms with Gasteiger partial charge in [-0.05, 0) is 18.3 Å². The largest absolute Gasteiger partial charge is 0.382 e. The predicted molar refractivity (Wildman–Crippen MR) is 207 cm³/mol. The van der Waals surface area contributed by atoms with Crippen molar-refractivity contribution in [2.24, 2.45) is 11.3 Å². The molecule has 330 valence electrons. The molecule has 17 heteroatoms. The summed E-state index contributed by atoms with van der Waals surface area (Å²) in [7, 11) is 1.64. The van der Waals surface area contributed by atoms with Gasteiger partial charge in [0, 0.05) is 33.0 Å². The Morgan fingerprint density at radius 1 is 0.536 bits per heavy atom. The van der Waals surface area contributed by atoms with Gasteiger partial charge < -0.3 is 62.2 Å². The number of hydrogen-bond donors (Lipinski definition) is 1. The summed E-state index contributed by atoms with van der Waals surface area (Å²) in [6.07, 6.45) is 2.90. The van der Waals surface area contributed by atoms with Crippen molar-refractivity contribution >= 4 is 17.7 Å². The molecule has 1 unspecified atom stereocenters. The van der Waals surface area contributed by atoms with Crippen LogP contribution in [0.15, 0.2) is 0 Å². The van der Waals surface area contributed by atoms with Crippen LogP contribution in [-0.2, 0) is 71.2 Å². The molecule has 1 aliphatic rings. The zero-order valence-electron chi connectivity index (χ0n) is 34.9. The zero-order chi connectivity index (χ0) is 40.8. The lowest BCUT2D eigenvalue weighted by molar-refractivity contribution is -0.140. The van der Waals surface area contributed by atoms with Crippen LogP contribution < -0.4 is 5.32 Å². The Kier molecular flexibility index (Phi) is 34.8. The third-order valence-corrected chi connectivity index (χ3v) is 8.30. The Bertz CT molecular complexity index is 941. The number of imide groups is 1. The molecule has 0 aromatic heterocycles. The Morgan fingerprint density at radius 3 is 1.20 bits per heavy atom.